The first-order chi connectivity index (χ1) is 15.3. The average Bonchev–Trinajstić information content (AvgIpc) is 3.41. The van der Waals surface area contributed by atoms with Crippen LogP contribution >= 0.6 is 11.3 Å². The van der Waals surface area contributed by atoms with E-state index in [4.69, 9.17) is 0 Å². The first-order valence-corrected chi connectivity index (χ1v) is 11.7. The molecule has 0 radical (unpaired) electrons. The van der Waals surface area contributed by atoms with Crippen LogP contribution in [-0.2, 0) is 0 Å². The smallest absolute Gasteiger partial charge is 0.376 e. The highest BCUT2D eigenvalue weighted by molar-refractivity contribution is 7.13. The number of carbonyl (C=O) groups excluding carboxylic acids is 1. The lowest BCUT2D eigenvalue weighted by Gasteiger charge is -2.32. The summed E-state index contributed by atoms with van der Waals surface area (Å²) in [6.45, 7) is 7.17. The second-order valence-electron chi connectivity index (χ2n) is 8.48. The maximum absolute atomic E-state index is 13.5. The number of aromatic amines is 1. The summed E-state index contributed by atoms with van der Waals surface area (Å²) in [7, 11) is -0.465. The molecule has 3 heterocycles. The van der Waals surface area contributed by atoms with E-state index in [-0.39, 0.29) is 23.7 Å². The number of halogens is 1. The predicted molar refractivity (Wildman–Crippen MR) is 125 cm³/mol. The van der Waals surface area contributed by atoms with Crippen LogP contribution in [0.4, 0.5) is 4.39 Å². The molecule has 7 nitrogen and oxygen atoms in total. The molecule has 3 aromatic rings. The van der Waals surface area contributed by atoms with Gasteiger partial charge in [-0.05, 0) is 70.9 Å². The van der Waals surface area contributed by atoms with Gasteiger partial charge >= 0.3 is 7.05 Å². The number of benzene rings is 1. The number of thiazole rings is 1. The van der Waals surface area contributed by atoms with Crippen molar-refractivity contribution in [2.75, 3.05) is 13.1 Å². The fraction of sp³-hybridized carbons (Fsp3) is 0.409. The van der Waals surface area contributed by atoms with Crippen LogP contribution in [-0.4, -0.2) is 57.1 Å². The molecule has 10 heteroatoms. The molecule has 168 valence electrons. The summed E-state index contributed by atoms with van der Waals surface area (Å²) < 4.78 is 13.5. The lowest BCUT2D eigenvalue weighted by Crippen LogP contribution is -2.42. The molecular weight excluding hydrogens is 428 g/mol. The van der Waals surface area contributed by atoms with E-state index in [9.17, 15) is 14.2 Å². The highest BCUT2D eigenvalue weighted by Gasteiger charge is 2.30. The van der Waals surface area contributed by atoms with Crippen molar-refractivity contribution in [1.29, 1.82) is 0 Å². The molecule has 0 unspecified atom stereocenters. The third-order valence-corrected chi connectivity index (χ3v) is 6.61. The van der Waals surface area contributed by atoms with E-state index >= 15 is 0 Å². The minimum absolute atomic E-state index is 0.0195. The lowest BCUT2D eigenvalue weighted by molar-refractivity contribution is 0.0939. The Balaban J connectivity index is 1.72. The molecule has 0 saturated carbocycles. The monoisotopic (exact) mass is 455 g/mol. The van der Waals surface area contributed by atoms with E-state index in [0.29, 0.717) is 16.4 Å². The van der Waals surface area contributed by atoms with Gasteiger partial charge in [-0.15, -0.1) is 11.3 Å². The van der Waals surface area contributed by atoms with Crippen LogP contribution in [0.5, 0.6) is 0 Å². The zero-order valence-corrected chi connectivity index (χ0v) is 19.2. The summed E-state index contributed by atoms with van der Waals surface area (Å²) in [6, 6.07) is 6.26. The summed E-state index contributed by atoms with van der Waals surface area (Å²) in [5, 5.41) is 23.0. The molecule has 1 amide bonds. The maximum atomic E-state index is 13.5. The Morgan fingerprint density at radius 1 is 1.31 bits per heavy atom. The second kappa shape index (κ2) is 9.52. The zero-order chi connectivity index (χ0) is 22.8. The highest BCUT2D eigenvalue weighted by atomic mass is 32.1. The number of nitrogens with one attached hydrogen (secondary N) is 2. The van der Waals surface area contributed by atoms with Crippen molar-refractivity contribution >= 4 is 24.3 Å². The topological polar surface area (TPSA) is 94.1 Å². The van der Waals surface area contributed by atoms with Crippen LogP contribution in [0, 0.1) is 5.82 Å². The van der Waals surface area contributed by atoms with E-state index in [2.05, 4.69) is 20.5 Å². The van der Waals surface area contributed by atoms with Crippen molar-refractivity contribution < 1.29 is 14.2 Å². The number of amides is 1. The van der Waals surface area contributed by atoms with Crippen molar-refractivity contribution in [1.82, 2.24) is 25.3 Å². The molecule has 4 rings (SSSR count). The van der Waals surface area contributed by atoms with Crippen molar-refractivity contribution in [3.05, 3.63) is 46.9 Å². The molecule has 1 aromatic carbocycles. The Morgan fingerprint density at radius 3 is 2.62 bits per heavy atom. The van der Waals surface area contributed by atoms with Gasteiger partial charge in [-0.2, -0.15) is 5.10 Å². The van der Waals surface area contributed by atoms with Crippen molar-refractivity contribution in [2.24, 2.45) is 0 Å². The molecule has 1 aliphatic rings. The van der Waals surface area contributed by atoms with E-state index in [1.807, 2.05) is 18.7 Å². The molecule has 32 heavy (non-hydrogen) atoms. The summed E-state index contributed by atoms with van der Waals surface area (Å²) in [5.74, 6) is -0.293. The number of hydrogen-bond acceptors (Lipinski definition) is 6. The van der Waals surface area contributed by atoms with Gasteiger partial charge in [0.15, 0.2) is 0 Å². The Morgan fingerprint density at radius 2 is 2.00 bits per heavy atom. The predicted octanol–water partition coefficient (Wildman–Crippen LogP) is 3.77. The van der Waals surface area contributed by atoms with Crippen LogP contribution in [0.25, 0.3) is 21.8 Å². The maximum Gasteiger partial charge on any atom is 0.376 e. The van der Waals surface area contributed by atoms with Gasteiger partial charge in [0.25, 0.3) is 5.91 Å². The molecule has 0 bridgehead atoms. The second-order valence-corrected chi connectivity index (χ2v) is 9.33. The average molecular weight is 455 g/mol. The number of H-pyrrole nitrogens is 1. The molecule has 1 saturated heterocycles. The number of rotatable bonds is 6. The summed E-state index contributed by atoms with van der Waals surface area (Å²) in [5.41, 5.74) is 3.69. The molecule has 2 aromatic heterocycles. The third kappa shape index (κ3) is 4.77. The molecule has 1 aliphatic heterocycles. The molecule has 0 spiro atoms. The largest absolute Gasteiger partial charge is 0.437 e. The number of carbonyl (C=O) groups is 1. The quantitative estimate of drug-likeness (QED) is 0.492. The standard InChI is InChI=1S/C22H27BFN5O2S/c1-13(2)25-21(30)17-12-32-22(26-17)18-19(14-4-6-16(24)7-5-14)27-28-20(18)15-8-10-29(11-9-15)23(3)31/h4-7,12-13,15,31H,8-11H2,1-3H3,(H,25,30)(H,27,28). The Kier molecular flexibility index (Phi) is 6.73. The van der Waals surface area contributed by atoms with E-state index in [1.165, 1.54) is 23.5 Å². The first kappa shape index (κ1) is 22.6. The Hall–Kier alpha value is -2.56. The lowest BCUT2D eigenvalue weighted by atomic mass is 9.80. The molecule has 0 aliphatic carbocycles. The van der Waals surface area contributed by atoms with Gasteiger partial charge in [0.05, 0.1) is 5.56 Å². The number of piperidine rings is 1. The summed E-state index contributed by atoms with van der Waals surface area (Å²) in [6.07, 6.45) is 1.74. The van der Waals surface area contributed by atoms with Crippen LogP contribution in [0.3, 0.4) is 0 Å². The first-order valence-electron chi connectivity index (χ1n) is 10.9. The van der Waals surface area contributed by atoms with E-state index < -0.39 is 7.05 Å². The van der Waals surface area contributed by atoms with Gasteiger partial charge in [-0.3, -0.25) is 9.89 Å². The van der Waals surface area contributed by atoms with Crippen molar-refractivity contribution in [3.63, 3.8) is 0 Å². The fourth-order valence-electron chi connectivity index (χ4n) is 4.07. The Labute approximate surface area is 191 Å². The molecular formula is C22H27BFN5O2S. The molecule has 1 fully saturated rings. The summed E-state index contributed by atoms with van der Waals surface area (Å²) in [4.78, 5) is 19.1. The van der Waals surface area contributed by atoms with Crippen LogP contribution in [0.15, 0.2) is 29.6 Å². The Bertz CT molecular complexity index is 1070. The van der Waals surface area contributed by atoms with Gasteiger partial charge in [0.2, 0.25) is 0 Å². The minimum atomic E-state index is -0.465. The van der Waals surface area contributed by atoms with Crippen LogP contribution in [0.2, 0.25) is 6.82 Å². The van der Waals surface area contributed by atoms with Gasteiger partial charge in [0, 0.05) is 28.6 Å². The molecule has 0 atom stereocenters. The summed E-state index contributed by atoms with van der Waals surface area (Å²) >= 11 is 1.40. The van der Waals surface area contributed by atoms with Gasteiger partial charge in [0.1, 0.15) is 22.2 Å². The fourth-order valence-corrected chi connectivity index (χ4v) is 4.93. The highest BCUT2D eigenvalue weighted by Crippen LogP contribution is 2.41. The normalized spacial score (nSPS) is 15.3. The molecule has 3 N–H and O–H groups in total. The van der Waals surface area contributed by atoms with Crippen molar-refractivity contribution in [3.8, 4) is 21.8 Å². The zero-order valence-electron chi connectivity index (χ0n) is 18.4. The minimum Gasteiger partial charge on any atom is -0.437 e. The van der Waals surface area contributed by atoms with Gasteiger partial charge in [-0.25, -0.2) is 9.37 Å². The number of aromatic nitrogens is 3. The van der Waals surface area contributed by atoms with E-state index in [0.717, 1.165) is 42.8 Å². The SMILES string of the molecule is CB(O)N1CCC(c2[nH]nc(-c3ccc(F)cc3)c2-c2nc(C(=O)NC(C)C)cs2)CC1. The van der Waals surface area contributed by atoms with E-state index in [1.54, 1.807) is 24.3 Å². The third-order valence-electron chi connectivity index (χ3n) is 5.75. The van der Waals surface area contributed by atoms with Crippen molar-refractivity contribution in [2.45, 2.75) is 45.5 Å². The number of hydrogen-bond donors (Lipinski definition) is 3. The number of nitrogens with zero attached hydrogens (tertiary/aromatic N) is 3. The van der Waals surface area contributed by atoms with Gasteiger partial charge in [-0.1, -0.05) is 0 Å². The van der Waals surface area contributed by atoms with Crippen LogP contribution in [0.1, 0.15) is 48.8 Å². The van der Waals surface area contributed by atoms with Gasteiger partial charge < -0.3 is 15.2 Å². The van der Waals surface area contributed by atoms with Crippen LogP contribution < -0.4 is 5.32 Å².